The van der Waals surface area contributed by atoms with E-state index in [1.165, 1.54) is 0 Å². The van der Waals surface area contributed by atoms with Crippen LogP contribution < -0.4 is 10.1 Å². The maximum Gasteiger partial charge on any atom is 0.241 e. The normalized spacial score (nSPS) is 20.2. The molecule has 1 saturated heterocycles. The summed E-state index contributed by atoms with van der Waals surface area (Å²) in [7, 11) is 1.62. The Labute approximate surface area is 125 Å². The number of nitrogens with one attached hydrogen (secondary N) is 1. The highest BCUT2D eigenvalue weighted by Crippen LogP contribution is 2.21. The number of hydrogen-bond donors (Lipinski definition) is 2. The molecule has 2 unspecified atom stereocenters. The van der Waals surface area contributed by atoms with Gasteiger partial charge >= 0.3 is 0 Å². The van der Waals surface area contributed by atoms with Crippen LogP contribution in [-0.4, -0.2) is 48.8 Å². The predicted octanol–water partition coefficient (Wildman–Crippen LogP) is 1.73. The zero-order chi connectivity index (χ0) is 15.2. The lowest BCUT2D eigenvalue weighted by Crippen LogP contribution is -2.42. The maximum absolute atomic E-state index is 12.4. The van der Waals surface area contributed by atoms with Crippen LogP contribution in [0.4, 0.5) is 5.69 Å². The van der Waals surface area contributed by atoms with Crippen LogP contribution in [0.2, 0.25) is 0 Å². The Morgan fingerprint density at radius 2 is 2.19 bits per heavy atom. The highest BCUT2D eigenvalue weighted by Gasteiger charge is 2.30. The molecule has 1 aromatic rings. The lowest BCUT2D eigenvalue weighted by molar-refractivity contribution is -0.121. The zero-order valence-electron chi connectivity index (χ0n) is 12.7. The highest BCUT2D eigenvalue weighted by atomic mass is 16.5. The average molecular weight is 292 g/mol. The molecule has 1 amide bonds. The van der Waals surface area contributed by atoms with Gasteiger partial charge in [0.1, 0.15) is 5.75 Å². The summed E-state index contributed by atoms with van der Waals surface area (Å²) >= 11 is 0. The molecule has 0 spiro atoms. The Kier molecular flexibility index (Phi) is 5.59. The number of rotatable bonds is 6. The fourth-order valence-electron chi connectivity index (χ4n) is 2.80. The van der Waals surface area contributed by atoms with Gasteiger partial charge in [-0.2, -0.15) is 0 Å². The first-order chi connectivity index (χ1) is 10.2. The number of carbonyl (C=O) groups excluding carboxylic acids is 1. The second-order valence-corrected chi connectivity index (χ2v) is 5.47. The summed E-state index contributed by atoms with van der Waals surface area (Å²) in [5, 5.41) is 12.2. The molecule has 0 radical (unpaired) electrons. The molecular weight excluding hydrogens is 268 g/mol. The van der Waals surface area contributed by atoms with Gasteiger partial charge in [-0.25, -0.2) is 0 Å². The molecule has 2 N–H and O–H groups in total. The summed E-state index contributed by atoms with van der Waals surface area (Å²) in [6.07, 6.45) is 1.73. The van der Waals surface area contributed by atoms with Crippen LogP contribution in [0.3, 0.4) is 0 Å². The second kappa shape index (κ2) is 7.43. The van der Waals surface area contributed by atoms with Crippen LogP contribution in [0.5, 0.6) is 5.75 Å². The van der Waals surface area contributed by atoms with Gasteiger partial charge in [-0.1, -0.05) is 6.92 Å². The van der Waals surface area contributed by atoms with E-state index in [4.69, 9.17) is 4.74 Å². The Bertz CT molecular complexity index is 461. The molecule has 0 saturated carbocycles. The Morgan fingerprint density at radius 3 is 2.71 bits per heavy atom. The SMILES string of the molecule is CCC(C(=O)Nc1ccc(OC)cc1)N1CCC(CO)C1. The number of aliphatic hydroxyl groups excluding tert-OH is 1. The van der Waals surface area contributed by atoms with Crippen LogP contribution in [0, 0.1) is 5.92 Å². The van der Waals surface area contributed by atoms with Gasteiger partial charge in [0.15, 0.2) is 0 Å². The van der Waals surface area contributed by atoms with E-state index in [0.29, 0.717) is 5.92 Å². The minimum Gasteiger partial charge on any atom is -0.497 e. The van der Waals surface area contributed by atoms with E-state index < -0.39 is 0 Å². The van der Waals surface area contributed by atoms with E-state index in [9.17, 15) is 9.90 Å². The molecule has 2 rings (SSSR count). The molecule has 21 heavy (non-hydrogen) atoms. The van der Waals surface area contributed by atoms with Crippen molar-refractivity contribution in [2.45, 2.75) is 25.8 Å². The third kappa shape index (κ3) is 3.95. The molecule has 0 aliphatic carbocycles. The molecule has 1 aromatic carbocycles. The van der Waals surface area contributed by atoms with Crippen molar-refractivity contribution in [3.05, 3.63) is 24.3 Å². The topological polar surface area (TPSA) is 61.8 Å². The molecule has 1 aliphatic rings. The summed E-state index contributed by atoms with van der Waals surface area (Å²) in [4.78, 5) is 14.6. The third-order valence-corrected chi connectivity index (χ3v) is 4.06. The van der Waals surface area contributed by atoms with Crippen molar-refractivity contribution in [3.63, 3.8) is 0 Å². The van der Waals surface area contributed by atoms with Gasteiger partial charge in [0.25, 0.3) is 0 Å². The summed E-state index contributed by atoms with van der Waals surface area (Å²) in [5.74, 6) is 1.08. The molecule has 1 aliphatic heterocycles. The van der Waals surface area contributed by atoms with Crippen LogP contribution in [-0.2, 0) is 4.79 Å². The number of nitrogens with zero attached hydrogens (tertiary/aromatic N) is 1. The summed E-state index contributed by atoms with van der Waals surface area (Å²) in [6, 6.07) is 7.19. The third-order valence-electron chi connectivity index (χ3n) is 4.06. The van der Waals surface area contributed by atoms with Gasteiger partial charge in [0.05, 0.1) is 13.2 Å². The fourth-order valence-corrected chi connectivity index (χ4v) is 2.80. The van der Waals surface area contributed by atoms with Crippen LogP contribution in [0.25, 0.3) is 0 Å². The van der Waals surface area contributed by atoms with Crippen molar-refractivity contribution in [1.82, 2.24) is 4.90 Å². The Morgan fingerprint density at radius 1 is 1.48 bits per heavy atom. The number of benzene rings is 1. The monoisotopic (exact) mass is 292 g/mol. The highest BCUT2D eigenvalue weighted by molar-refractivity contribution is 5.94. The van der Waals surface area contributed by atoms with E-state index in [1.54, 1.807) is 7.11 Å². The summed E-state index contributed by atoms with van der Waals surface area (Å²) in [5.41, 5.74) is 0.775. The number of methoxy groups -OCH3 is 1. The molecule has 0 bridgehead atoms. The van der Waals surface area contributed by atoms with Crippen LogP contribution in [0.1, 0.15) is 19.8 Å². The van der Waals surface area contributed by atoms with E-state index in [0.717, 1.165) is 37.4 Å². The van der Waals surface area contributed by atoms with E-state index in [1.807, 2.05) is 31.2 Å². The molecular formula is C16H24N2O3. The average Bonchev–Trinajstić information content (AvgIpc) is 2.97. The predicted molar refractivity (Wildman–Crippen MR) is 82.5 cm³/mol. The zero-order valence-corrected chi connectivity index (χ0v) is 12.7. The van der Waals surface area contributed by atoms with E-state index in [2.05, 4.69) is 10.2 Å². The van der Waals surface area contributed by atoms with Gasteiger partial charge in [-0.3, -0.25) is 9.69 Å². The molecule has 2 atom stereocenters. The summed E-state index contributed by atoms with van der Waals surface area (Å²) in [6.45, 7) is 3.89. The van der Waals surface area contributed by atoms with Crippen molar-refractivity contribution in [1.29, 1.82) is 0 Å². The molecule has 0 aromatic heterocycles. The largest absolute Gasteiger partial charge is 0.497 e. The lowest BCUT2D eigenvalue weighted by Gasteiger charge is -2.25. The summed E-state index contributed by atoms with van der Waals surface area (Å²) < 4.78 is 5.10. The smallest absolute Gasteiger partial charge is 0.241 e. The molecule has 116 valence electrons. The van der Waals surface area contributed by atoms with Crippen LogP contribution >= 0.6 is 0 Å². The minimum atomic E-state index is -0.136. The number of carbonyl (C=O) groups is 1. The van der Waals surface area contributed by atoms with Crippen molar-refractivity contribution in [2.75, 3.05) is 32.1 Å². The van der Waals surface area contributed by atoms with Crippen LogP contribution in [0.15, 0.2) is 24.3 Å². The van der Waals surface area contributed by atoms with Crippen molar-refractivity contribution < 1.29 is 14.6 Å². The first kappa shape index (κ1) is 15.8. The van der Waals surface area contributed by atoms with E-state index >= 15 is 0 Å². The molecule has 1 heterocycles. The maximum atomic E-state index is 12.4. The van der Waals surface area contributed by atoms with Gasteiger partial charge < -0.3 is 15.2 Å². The van der Waals surface area contributed by atoms with Crippen molar-refractivity contribution >= 4 is 11.6 Å². The van der Waals surface area contributed by atoms with Gasteiger partial charge in [0, 0.05) is 18.8 Å². The Hall–Kier alpha value is -1.59. The van der Waals surface area contributed by atoms with Gasteiger partial charge in [0.2, 0.25) is 5.91 Å². The first-order valence-electron chi connectivity index (χ1n) is 7.47. The van der Waals surface area contributed by atoms with E-state index in [-0.39, 0.29) is 18.6 Å². The number of aliphatic hydroxyl groups is 1. The van der Waals surface area contributed by atoms with Gasteiger partial charge in [-0.15, -0.1) is 0 Å². The number of hydrogen-bond acceptors (Lipinski definition) is 4. The number of ether oxygens (including phenoxy) is 1. The second-order valence-electron chi connectivity index (χ2n) is 5.47. The lowest BCUT2D eigenvalue weighted by atomic mass is 10.1. The molecule has 1 fully saturated rings. The quantitative estimate of drug-likeness (QED) is 0.838. The number of amides is 1. The first-order valence-corrected chi connectivity index (χ1v) is 7.47. The number of likely N-dealkylation sites (tertiary alicyclic amines) is 1. The Balaban J connectivity index is 1.96. The van der Waals surface area contributed by atoms with Crippen molar-refractivity contribution in [2.24, 2.45) is 5.92 Å². The fraction of sp³-hybridized carbons (Fsp3) is 0.562. The van der Waals surface area contributed by atoms with Crippen molar-refractivity contribution in [3.8, 4) is 5.75 Å². The molecule has 5 nitrogen and oxygen atoms in total. The standard InChI is InChI=1S/C16H24N2O3/c1-3-15(18-9-8-12(10-18)11-19)16(20)17-13-4-6-14(21-2)7-5-13/h4-7,12,15,19H,3,8-11H2,1-2H3,(H,17,20). The number of anilines is 1. The minimum absolute atomic E-state index is 0.0151. The molecule has 5 heteroatoms. The van der Waals surface area contributed by atoms with Gasteiger partial charge in [-0.05, 0) is 49.6 Å².